The van der Waals surface area contributed by atoms with Crippen LogP contribution in [-0.4, -0.2) is 23.4 Å². The molecule has 0 spiro atoms. The van der Waals surface area contributed by atoms with Crippen molar-refractivity contribution in [3.63, 3.8) is 0 Å². The Kier molecular flexibility index (Phi) is 9.82. The molecule has 0 bridgehead atoms. The van der Waals surface area contributed by atoms with Gasteiger partial charge in [0.2, 0.25) is 0 Å². The molecule has 0 atom stereocenters. The number of ether oxygens (including phenoxy) is 1. The van der Waals surface area contributed by atoms with Gasteiger partial charge in [0.25, 0.3) is 0 Å². The molecule has 0 heterocycles. The molecule has 3 nitrogen and oxygen atoms in total. The van der Waals surface area contributed by atoms with Crippen LogP contribution in [0.15, 0.2) is 48.5 Å². The molecule has 2 aromatic carbocycles. The summed E-state index contributed by atoms with van der Waals surface area (Å²) < 4.78 is 5.31. The van der Waals surface area contributed by atoms with Gasteiger partial charge in [-0.15, -0.1) is 0 Å². The predicted octanol–water partition coefficient (Wildman–Crippen LogP) is 6.03. The van der Waals surface area contributed by atoms with E-state index in [0.29, 0.717) is 0 Å². The summed E-state index contributed by atoms with van der Waals surface area (Å²) in [5, 5.41) is 18.6. The summed E-state index contributed by atoms with van der Waals surface area (Å²) in [6.07, 6.45) is 4.91. The number of phenolic OH excluding ortho intramolecular Hbond substituents is 2. The maximum atomic E-state index is 9.30. The molecule has 3 heteroatoms. The third-order valence-corrected chi connectivity index (χ3v) is 4.46. The van der Waals surface area contributed by atoms with Crippen LogP contribution >= 0.6 is 0 Å². The molecule has 0 aliphatic heterocycles. The van der Waals surface area contributed by atoms with Crippen LogP contribution < -0.4 is 0 Å². The minimum absolute atomic E-state index is 0.151. The maximum Gasteiger partial charge on any atom is 0.115 e. The van der Waals surface area contributed by atoms with Crippen molar-refractivity contribution in [2.75, 3.05) is 13.2 Å². The highest BCUT2D eigenvalue weighted by atomic mass is 16.5. The number of aromatic hydroxyl groups is 2. The summed E-state index contributed by atoms with van der Waals surface area (Å²) >= 11 is 0. The number of benzene rings is 2. The predicted molar refractivity (Wildman–Crippen MR) is 109 cm³/mol. The first-order valence-electron chi connectivity index (χ1n) is 9.58. The second-order valence-electron chi connectivity index (χ2n) is 7.04. The monoisotopic (exact) mass is 358 g/mol. The van der Waals surface area contributed by atoms with E-state index >= 15 is 0 Å². The molecular weight excluding hydrogens is 324 g/mol. The van der Waals surface area contributed by atoms with Crippen LogP contribution in [0.25, 0.3) is 0 Å². The van der Waals surface area contributed by atoms with Gasteiger partial charge >= 0.3 is 0 Å². The highest BCUT2D eigenvalue weighted by Crippen LogP contribution is 2.32. The standard InChI is InChI=1S/C15H16O2.C8H18O/c1-15(2,11-3-7-13(16)8-4-11)12-5-9-14(17)10-6-12;1-3-5-7-9-8-6-4-2/h3-10,16-17H,1-2H3;3-8H2,1-2H3. The number of unbranched alkanes of at least 4 members (excludes halogenated alkanes) is 2. The van der Waals surface area contributed by atoms with Crippen molar-refractivity contribution in [3.05, 3.63) is 59.7 Å². The molecule has 0 aromatic heterocycles. The lowest BCUT2D eigenvalue weighted by Crippen LogP contribution is -2.18. The Morgan fingerprint density at radius 2 is 1.04 bits per heavy atom. The van der Waals surface area contributed by atoms with Crippen molar-refractivity contribution in [1.29, 1.82) is 0 Å². The van der Waals surface area contributed by atoms with E-state index in [4.69, 9.17) is 4.74 Å². The zero-order valence-corrected chi connectivity index (χ0v) is 16.7. The number of rotatable bonds is 8. The maximum absolute atomic E-state index is 9.30. The third kappa shape index (κ3) is 7.49. The van der Waals surface area contributed by atoms with Crippen LogP contribution in [0, 0.1) is 0 Å². The van der Waals surface area contributed by atoms with Gasteiger partial charge in [-0.2, -0.15) is 0 Å². The van der Waals surface area contributed by atoms with E-state index in [-0.39, 0.29) is 16.9 Å². The highest BCUT2D eigenvalue weighted by molar-refractivity contribution is 5.41. The van der Waals surface area contributed by atoms with Gasteiger partial charge < -0.3 is 14.9 Å². The molecule has 0 aliphatic carbocycles. The summed E-state index contributed by atoms with van der Waals surface area (Å²) in [5.74, 6) is 0.547. The summed E-state index contributed by atoms with van der Waals surface area (Å²) in [5.41, 5.74) is 2.10. The van der Waals surface area contributed by atoms with Gasteiger partial charge in [-0.05, 0) is 48.2 Å². The lowest BCUT2D eigenvalue weighted by molar-refractivity contribution is 0.128. The topological polar surface area (TPSA) is 49.7 Å². The molecule has 0 aliphatic rings. The first-order valence-corrected chi connectivity index (χ1v) is 9.58. The summed E-state index contributed by atoms with van der Waals surface area (Å²) in [6, 6.07) is 14.4. The second kappa shape index (κ2) is 11.6. The van der Waals surface area contributed by atoms with Gasteiger partial charge in [0, 0.05) is 18.6 Å². The lowest BCUT2D eigenvalue weighted by atomic mass is 9.78. The van der Waals surface area contributed by atoms with Crippen LogP contribution in [-0.2, 0) is 10.2 Å². The minimum atomic E-state index is -0.151. The average molecular weight is 359 g/mol. The Morgan fingerprint density at radius 3 is 1.35 bits per heavy atom. The van der Waals surface area contributed by atoms with Crippen molar-refractivity contribution in [3.8, 4) is 11.5 Å². The van der Waals surface area contributed by atoms with Gasteiger partial charge in [0.15, 0.2) is 0 Å². The summed E-state index contributed by atoms with van der Waals surface area (Å²) in [4.78, 5) is 0. The molecular formula is C23H34O3. The van der Waals surface area contributed by atoms with Crippen LogP contribution in [0.3, 0.4) is 0 Å². The van der Waals surface area contributed by atoms with Crippen molar-refractivity contribution in [1.82, 2.24) is 0 Å². The van der Waals surface area contributed by atoms with Gasteiger partial charge in [0.1, 0.15) is 11.5 Å². The molecule has 0 saturated carbocycles. The van der Waals surface area contributed by atoms with E-state index in [0.717, 1.165) is 24.3 Å². The molecule has 0 radical (unpaired) electrons. The molecule has 0 unspecified atom stereocenters. The zero-order chi connectivity index (χ0) is 19.4. The highest BCUT2D eigenvalue weighted by Gasteiger charge is 2.22. The number of hydrogen-bond acceptors (Lipinski definition) is 3. The Bertz CT molecular complexity index is 547. The Hall–Kier alpha value is -2.00. The average Bonchev–Trinajstić information content (AvgIpc) is 2.63. The fourth-order valence-electron chi connectivity index (χ4n) is 2.52. The number of phenols is 2. The molecule has 2 aromatic rings. The molecule has 144 valence electrons. The molecule has 0 amide bonds. The fourth-order valence-corrected chi connectivity index (χ4v) is 2.52. The van der Waals surface area contributed by atoms with Crippen molar-refractivity contribution in [2.45, 2.75) is 58.8 Å². The first-order chi connectivity index (χ1) is 12.4. The Balaban J connectivity index is 0.000000321. The van der Waals surface area contributed by atoms with E-state index in [1.165, 1.54) is 25.7 Å². The van der Waals surface area contributed by atoms with Crippen molar-refractivity contribution >= 4 is 0 Å². The quantitative estimate of drug-likeness (QED) is 0.567. The van der Waals surface area contributed by atoms with E-state index < -0.39 is 0 Å². The van der Waals surface area contributed by atoms with Crippen LogP contribution in [0.4, 0.5) is 0 Å². The van der Waals surface area contributed by atoms with E-state index in [2.05, 4.69) is 27.7 Å². The molecule has 0 fully saturated rings. The second-order valence-corrected chi connectivity index (χ2v) is 7.04. The molecule has 2 N–H and O–H groups in total. The largest absolute Gasteiger partial charge is 0.508 e. The van der Waals surface area contributed by atoms with Crippen LogP contribution in [0.5, 0.6) is 11.5 Å². The Labute approximate surface area is 158 Å². The molecule has 26 heavy (non-hydrogen) atoms. The van der Waals surface area contributed by atoms with Gasteiger partial charge in [0.05, 0.1) is 0 Å². The van der Waals surface area contributed by atoms with Gasteiger partial charge in [-0.1, -0.05) is 64.8 Å². The summed E-state index contributed by atoms with van der Waals surface area (Å²) in [7, 11) is 0. The molecule has 2 rings (SSSR count). The summed E-state index contributed by atoms with van der Waals surface area (Å²) in [6.45, 7) is 10.5. The first kappa shape index (κ1) is 22.0. The lowest BCUT2D eigenvalue weighted by Gasteiger charge is -2.26. The van der Waals surface area contributed by atoms with E-state index in [1.807, 2.05) is 24.3 Å². The van der Waals surface area contributed by atoms with Gasteiger partial charge in [-0.25, -0.2) is 0 Å². The smallest absolute Gasteiger partial charge is 0.115 e. The SMILES string of the molecule is CC(C)(c1ccc(O)cc1)c1ccc(O)cc1.CCCCOCCCC. The van der Waals surface area contributed by atoms with Crippen molar-refractivity contribution < 1.29 is 14.9 Å². The zero-order valence-electron chi connectivity index (χ0n) is 16.7. The normalized spacial score (nSPS) is 10.9. The third-order valence-electron chi connectivity index (χ3n) is 4.46. The number of hydrogen-bond donors (Lipinski definition) is 2. The Morgan fingerprint density at radius 1 is 0.692 bits per heavy atom. The molecule has 0 saturated heterocycles. The van der Waals surface area contributed by atoms with Gasteiger partial charge in [-0.3, -0.25) is 0 Å². The minimum Gasteiger partial charge on any atom is -0.508 e. The van der Waals surface area contributed by atoms with Crippen LogP contribution in [0.1, 0.15) is 64.5 Å². The van der Waals surface area contributed by atoms with E-state index in [1.54, 1.807) is 24.3 Å². The van der Waals surface area contributed by atoms with E-state index in [9.17, 15) is 10.2 Å². The van der Waals surface area contributed by atoms with Crippen LogP contribution in [0.2, 0.25) is 0 Å². The fraction of sp³-hybridized carbons (Fsp3) is 0.478. The van der Waals surface area contributed by atoms with Crippen molar-refractivity contribution in [2.24, 2.45) is 0 Å².